The SMILES string of the molecule is CCOc1cc([C@@H]2NC(=O)NC(C)=C2C(=O)OC)ccc1OC[C@H](O)N/N=C\c1cc(Br)c(OCc2ccc(C(=O)O)cc2)c(I)c1. The highest BCUT2D eigenvalue weighted by atomic mass is 127. The van der Waals surface area contributed by atoms with Gasteiger partial charge in [0.15, 0.2) is 17.7 Å². The number of ether oxygens (including phenoxy) is 4. The second kappa shape index (κ2) is 16.5. The number of nitrogens with zero attached hydrogens (tertiary/aromatic N) is 1. The van der Waals surface area contributed by atoms with Crippen molar-refractivity contribution >= 4 is 62.7 Å². The Hall–Kier alpha value is -4.35. The fraction of sp³-hybridized carbons (Fsp3) is 0.250. The van der Waals surface area contributed by atoms with E-state index in [1.165, 1.54) is 25.5 Å². The molecule has 15 heteroatoms. The Morgan fingerprint density at radius 3 is 2.51 bits per heavy atom. The van der Waals surface area contributed by atoms with Gasteiger partial charge in [-0.15, -0.1) is 0 Å². The average molecular weight is 823 g/mol. The number of aromatic carboxylic acids is 1. The lowest BCUT2D eigenvalue weighted by atomic mass is 9.95. The second-order valence-electron chi connectivity index (χ2n) is 10.0. The van der Waals surface area contributed by atoms with Crippen molar-refractivity contribution in [2.75, 3.05) is 20.3 Å². The van der Waals surface area contributed by atoms with E-state index in [0.717, 1.165) is 14.7 Å². The van der Waals surface area contributed by atoms with Crippen LogP contribution >= 0.6 is 38.5 Å². The van der Waals surface area contributed by atoms with Crippen LogP contribution in [0.5, 0.6) is 17.2 Å². The van der Waals surface area contributed by atoms with Crippen LogP contribution < -0.4 is 30.3 Å². The first kappa shape index (κ1) is 35.5. The molecule has 1 aliphatic heterocycles. The number of aliphatic hydroxyl groups excluding tert-OH is 1. The Morgan fingerprint density at radius 2 is 1.85 bits per heavy atom. The summed E-state index contributed by atoms with van der Waals surface area (Å²) in [5.41, 5.74) is 5.59. The molecule has 13 nitrogen and oxygen atoms in total. The van der Waals surface area contributed by atoms with E-state index in [1.54, 1.807) is 44.2 Å². The van der Waals surface area contributed by atoms with Gasteiger partial charge in [0.25, 0.3) is 0 Å². The number of hydrogen-bond donors (Lipinski definition) is 5. The molecule has 2 amide bonds. The molecular formula is C32H32BrIN4O9. The van der Waals surface area contributed by atoms with E-state index in [9.17, 15) is 19.5 Å². The number of benzene rings is 3. The van der Waals surface area contributed by atoms with Gasteiger partial charge in [-0.25, -0.2) is 14.4 Å². The molecule has 0 bridgehead atoms. The Bertz CT molecular complexity index is 1680. The van der Waals surface area contributed by atoms with Gasteiger partial charge in [-0.05, 0) is 105 Å². The zero-order valence-corrected chi connectivity index (χ0v) is 29.2. The Balaban J connectivity index is 1.36. The van der Waals surface area contributed by atoms with Crippen molar-refractivity contribution in [3.63, 3.8) is 0 Å². The van der Waals surface area contributed by atoms with E-state index in [2.05, 4.69) is 59.7 Å². The maximum atomic E-state index is 12.5. The average Bonchev–Trinajstić information content (AvgIpc) is 3.03. The minimum absolute atomic E-state index is 0.172. The molecule has 0 radical (unpaired) electrons. The molecular weight excluding hydrogens is 791 g/mol. The number of carboxylic acids is 1. The van der Waals surface area contributed by atoms with Gasteiger partial charge < -0.3 is 39.8 Å². The summed E-state index contributed by atoms with van der Waals surface area (Å²) in [6.45, 7) is 3.82. The molecule has 1 heterocycles. The lowest BCUT2D eigenvalue weighted by Crippen LogP contribution is -2.45. The summed E-state index contributed by atoms with van der Waals surface area (Å²) in [6, 6.07) is 13.9. The van der Waals surface area contributed by atoms with Crippen LogP contribution in [0.15, 0.2) is 75.4 Å². The number of carbonyl (C=O) groups is 3. The van der Waals surface area contributed by atoms with Crippen molar-refractivity contribution < 1.29 is 43.5 Å². The number of amides is 2. The van der Waals surface area contributed by atoms with E-state index < -0.39 is 30.2 Å². The third-order valence-electron chi connectivity index (χ3n) is 6.71. The first-order chi connectivity index (χ1) is 22.5. The van der Waals surface area contributed by atoms with E-state index in [4.69, 9.17) is 24.1 Å². The fourth-order valence-corrected chi connectivity index (χ4v) is 6.28. The smallest absolute Gasteiger partial charge is 0.337 e. The van der Waals surface area contributed by atoms with Gasteiger partial charge in [-0.3, -0.25) is 5.43 Å². The standard InChI is InChI=1S/C32H32BrIN4O9/c1-4-45-25-13-21(28-27(31(42)44-3)17(2)36-32(43)37-28)9-10-24(25)46-16-26(39)38-35-14-19-11-22(33)29(23(34)12-19)47-15-18-5-7-20(8-6-18)30(40)41/h5-14,26,28,38-39H,4,15-16H2,1-3H3,(H,40,41)(H2,36,37,43)/b35-14-/t26-,28-/m0/s1. The van der Waals surface area contributed by atoms with Gasteiger partial charge in [0.05, 0.1) is 45.2 Å². The van der Waals surface area contributed by atoms with Crippen LogP contribution in [0, 0.1) is 3.57 Å². The predicted octanol–water partition coefficient (Wildman–Crippen LogP) is 4.85. The highest BCUT2D eigenvalue weighted by Crippen LogP contribution is 2.35. The molecule has 0 saturated heterocycles. The number of nitrogens with one attached hydrogen (secondary N) is 3. The second-order valence-corrected chi connectivity index (χ2v) is 12.0. The highest BCUT2D eigenvalue weighted by molar-refractivity contribution is 14.1. The number of esters is 1. The molecule has 0 saturated carbocycles. The summed E-state index contributed by atoms with van der Waals surface area (Å²) in [4.78, 5) is 35.7. The van der Waals surface area contributed by atoms with E-state index >= 15 is 0 Å². The van der Waals surface area contributed by atoms with Crippen molar-refractivity contribution in [1.29, 1.82) is 0 Å². The van der Waals surface area contributed by atoms with Gasteiger partial charge in [0, 0.05) is 5.70 Å². The highest BCUT2D eigenvalue weighted by Gasteiger charge is 2.32. The molecule has 248 valence electrons. The van der Waals surface area contributed by atoms with Gasteiger partial charge >= 0.3 is 18.0 Å². The zero-order valence-electron chi connectivity index (χ0n) is 25.5. The lowest BCUT2D eigenvalue weighted by Gasteiger charge is -2.28. The monoisotopic (exact) mass is 822 g/mol. The molecule has 0 spiro atoms. The molecule has 47 heavy (non-hydrogen) atoms. The van der Waals surface area contributed by atoms with Gasteiger partial charge in [-0.2, -0.15) is 5.10 Å². The third kappa shape index (κ3) is 9.36. The number of aliphatic hydroxyl groups is 1. The molecule has 4 rings (SSSR count). The summed E-state index contributed by atoms with van der Waals surface area (Å²) in [7, 11) is 1.27. The van der Waals surface area contributed by atoms with Crippen LogP contribution in [0.2, 0.25) is 0 Å². The van der Waals surface area contributed by atoms with E-state index in [0.29, 0.717) is 39.6 Å². The molecule has 0 aromatic heterocycles. The maximum absolute atomic E-state index is 12.5. The number of urea groups is 1. The number of methoxy groups -OCH3 is 1. The molecule has 0 unspecified atom stereocenters. The normalized spacial score (nSPS) is 15.0. The maximum Gasteiger partial charge on any atom is 0.337 e. The fourth-order valence-electron chi connectivity index (χ4n) is 4.51. The molecule has 5 N–H and O–H groups in total. The number of hydrazone groups is 1. The van der Waals surface area contributed by atoms with Crippen molar-refractivity contribution in [2.24, 2.45) is 5.10 Å². The van der Waals surface area contributed by atoms with Crippen LogP contribution in [0.1, 0.15) is 46.9 Å². The number of carbonyl (C=O) groups excluding carboxylic acids is 2. The number of carboxylic acid groups (broad SMARTS) is 1. The van der Waals surface area contributed by atoms with Gasteiger partial charge in [0.2, 0.25) is 0 Å². The first-order valence-corrected chi connectivity index (χ1v) is 16.0. The van der Waals surface area contributed by atoms with Crippen molar-refractivity contribution in [2.45, 2.75) is 32.7 Å². The first-order valence-electron chi connectivity index (χ1n) is 14.2. The van der Waals surface area contributed by atoms with E-state index in [-0.39, 0.29) is 24.4 Å². The Kier molecular flexibility index (Phi) is 12.4. The Morgan fingerprint density at radius 1 is 1.11 bits per heavy atom. The number of allylic oxidation sites excluding steroid dienone is 1. The molecule has 0 aliphatic carbocycles. The van der Waals surface area contributed by atoms with Crippen LogP contribution in [0.4, 0.5) is 4.79 Å². The van der Waals surface area contributed by atoms with Crippen LogP contribution in [0.3, 0.4) is 0 Å². The number of rotatable bonds is 14. The quantitative estimate of drug-likeness (QED) is 0.0497. The minimum Gasteiger partial charge on any atom is -0.490 e. The van der Waals surface area contributed by atoms with Crippen molar-refractivity contribution in [3.8, 4) is 17.2 Å². The zero-order chi connectivity index (χ0) is 34.1. The van der Waals surface area contributed by atoms with Crippen molar-refractivity contribution in [1.82, 2.24) is 16.1 Å². The van der Waals surface area contributed by atoms with E-state index in [1.807, 2.05) is 12.1 Å². The molecule has 3 aromatic rings. The number of hydrogen-bond acceptors (Lipinski definition) is 10. The summed E-state index contributed by atoms with van der Waals surface area (Å²) < 4.78 is 23.9. The van der Waals surface area contributed by atoms with Crippen LogP contribution in [0.25, 0.3) is 0 Å². The predicted molar refractivity (Wildman–Crippen MR) is 184 cm³/mol. The summed E-state index contributed by atoms with van der Waals surface area (Å²) >= 11 is 5.67. The van der Waals surface area contributed by atoms with Gasteiger partial charge in [-0.1, -0.05) is 18.2 Å². The molecule has 1 aliphatic rings. The third-order valence-corrected chi connectivity index (χ3v) is 8.10. The van der Waals surface area contributed by atoms with Crippen molar-refractivity contribution in [3.05, 3.63) is 96.2 Å². The summed E-state index contributed by atoms with van der Waals surface area (Å²) in [5.74, 6) is -0.249. The summed E-state index contributed by atoms with van der Waals surface area (Å²) in [5, 5.41) is 29.0. The largest absolute Gasteiger partial charge is 0.490 e. The van der Waals surface area contributed by atoms with Crippen LogP contribution in [-0.4, -0.2) is 60.9 Å². The molecule has 3 aromatic carbocycles. The molecule has 2 atom stereocenters. The lowest BCUT2D eigenvalue weighted by molar-refractivity contribution is -0.136. The topological polar surface area (TPSA) is 177 Å². The summed E-state index contributed by atoms with van der Waals surface area (Å²) in [6.07, 6.45) is 0.366. The number of halogens is 2. The molecule has 0 fully saturated rings. The minimum atomic E-state index is -1.17. The van der Waals surface area contributed by atoms with Crippen LogP contribution in [-0.2, 0) is 16.1 Å². The van der Waals surface area contributed by atoms with Gasteiger partial charge in [0.1, 0.15) is 19.0 Å². The Labute approximate surface area is 292 Å².